The monoisotopic (exact) mass is 196 g/mol. The quantitative estimate of drug-likeness (QED) is 0.738. The molecule has 0 aliphatic carbocycles. The van der Waals surface area contributed by atoms with Crippen molar-refractivity contribution in [2.75, 3.05) is 20.3 Å². The van der Waals surface area contributed by atoms with Crippen LogP contribution >= 0.6 is 0 Å². The maximum atomic E-state index is 5.34. The van der Waals surface area contributed by atoms with E-state index in [0.29, 0.717) is 12.0 Å². The summed E-state index contributed by atoms with van der Waals surface area (Å²) in [6, 6.07) is 0.303. The highest BCUT2D eigenvalue weighted by Gasteiger charge is 2.25. The van der Waals surface area contributed by atoms with E-state index in [1.807, 2.05) is 7.05 Å². The van der Waals surface area contributed by atoms with Crippen molar-refractivity contribution in [3.05, 3.63) is 11.9 Å². The minimum Gasteiger partial charge on any atom is -0.381 e. The van der Waals surface area contributed by atoms with Crippen molar-refractivity contribution < 1.29 is 4.74 Å². The average molecular weight is 196 g/mol. The average Bonchev–Trinajstić information content (AvgIpc) is 2.74. The summed E-state index contributed by atoms with van der Waals surface area (Å²) in [6.45, 7) is 1.72. The summed E-state index contributed by atoms with van der Waals surface area (Å²) in [7, 11) is 1.97. The van der Waals surface area contributed by atoms with Crippen molar-refractivity contribution in [3.63, 3.8) is 0 Å². The highest BCUT2D eigenvalue weighted by molar-refractivity contribution is 5.02. The van der Waals surface area contributed by atoms with Crippen LogP contribution in [0.2, 0.25) is 0 Å². The molecule has 0 radical (unpaired) electrons. The van der Waals surface area contributed by atoms with Crippen molar-refractivity contribution in [2.45, 2.75) is 18.9 Å². The van der Waals surface area contributed by atoms with Gasteiger partial charge in [0.1, 0.15) is 0 Å². The van der Waals surface area contributed by atoms with Gasteiger partial charge in [-0.05, 0) is 25.8 Å². The molecule has 0 spiro atoms. The number of aromatic nitrogens is 3. The van der Waals surface area contributed by atoms with E-state index in [9.17, 15) is 0 Å². The Kier molecular flexibility index (Phi) is 3.10. The lowest BCUT2D eigenvalue weighted by Gasteiger charge is -2.28. The highest BCUT2D eigenvalue weighted by Crippen LogP contribution is 2.27. The number of H-pyrrole nitrogens is 1. The zero-order valence-corrected chi connectivity index (χ0v) is 8.36. The van der Waals surface area contributed by atoms with Crippen molar-refractivity contribution >= 4 is 0 Å². The largest absolute Gasteiger partial charge is 0.381 e. The second kappa shape index (κ2) is 4.52. The van der Waals surface area contributed by atoms with Crippen molar-refractivity contribution in [2.24, 2.45) is 5.92 Å². The first-order valence-corrected chi connectivity index (χ1v) is 5.02. The SMILES string of the molecule is CNC(c1cn[nH]n1)C1CCOCC1. The van der Waals surface area contributed by atoms with Gasteiger partial charge in [-0.25, -0.2) is 0 Å². The molecule has 14 heavy (non-hydrogen) atoms. The van der Waals surface area contributed by atoms with Crippen LogP contribution in [0.1, 0.15) is 24.6 Å². The van der Waals surface area contributed by atoms with Crippen LogP contribution in [0.4, 0.5) is 0 Å². The molecule has 1 aliphatic rings. The van der Waals surface area contributed by atoms with Crippen LogP contribution in [-0.2, 0) is 4.74 Å². The number of nitrogens with one attached hydrogen (secondary N) is 2. The molecule has 1 aliphatic heterocycles. The summed E-state index contributed by atoms with van der Waals surface area (Å²) in [4.78, 5) is 0. The van der Waals surface area contributed by atoms with Gasteiger partial charge in [0.2, 0.25) is 0 Å². The Hall–Kier alpha value is -0.940. The summed E-state index contributed by atoms with van der Waals surface area (Å²) in [5.74, 6) is 0.610. The number of ether oxygens (including phenoxy) is 1. The molecule has 1 aromatic heterocycles. The van der Waals surface area contributed by atoms with Gasteiger partial charge in [-0.15, -0.1) is 0 Å². The first-order chi connectivity index (χ1) is 6.92. The zero-order valence-electron chi connectivity index (χ0n) is 8.36. The van der Waals surface area contributed by atoms with Gasteiger partial charge in [0.25, 0.3) is 0 Å². The summed E-state index contributed by atoms with van der Waals surface area (Å²) in [5.41, 5.74) is 0.999. The fraction of sp³-hybridized carbons (Fsp3) is 0.778. The van der Waals surface area contributed by atoms with Crippen LogP contribution in [0.15, 0.2) is 6.20 Å². The first-order valence-electron chi connectivity index (χ1n) is 5.02. The zero-order chi connectivity index (χ0) is 9.80. The molecule has 1 aromatic rings. The minimum absolute atomic E-state index is 0.303. The third-order valence-electron chi connectivity index (χ3n) is 2.80. The molecule has 1 fully saturated rings. The van der Waals surface area contributed by atoms with E-state index in [2.05, 4.69) is 20.7 Å². The van der Waals surface area contributed by atoms with E-state index in [0.717, 1.165) is 31.7 Å². The second-order valence-corrected chi connectivity index (χ2v) is 3.61. The number of nitrogens with zero attached hydrogens (tertiary/aromatic N) is 2. The lowest BCUT2D eigenvalue weighted by molar-refractivity contribution is 0.0541. The lowest BCUT2D eigenvalue weighted by Crippen LogP contribution is -2.30. The standard InChI is InChI=1S/C9H16N4O/c1-10-9(8-6-11-13-12-8)7-2-4-14-5-3-7/h6-7,9-10H,2-5H2,1H3,(H,11,12,13). The van der Waals surface area contributed by atoms with Crippen LogP contribution in [0.5, 0.6) is 0 Å². The van der Waals surface area contributed by atoms with Crippen LogP contribution < -0.4 is 5.32 Å². The van der Waals surface area contributed by atoms with Crippen molar-refractivity contribution in [1.82, 2.24) is 20.7 Å². The van der Waals surface area contributed by atoms with Gasteiger partial charge in [-0.2, -0.15) is 15.4 Å². The Labute approximate surface area is 83.2 Å². The molecule has 5 heteroatoms. The van der Waals surface area contributed by atoms with Gasteiger partial charge in [-0.3, -0.25) is 0 Å². The molecule has 2 N–H and O–H groups in total. The Morgan fingerprint density at radius 1 is 1.57 bits per heavy atom. The van der Waals surface area contributed by atoms with E-state index in [-0.39, 0.29) is 0 Å². The predicted octanol–water partition coefficient (Wildman–Crippen LogP) is 0.492. The van der Waals surface area contributed by atoms with Crippen molar-refractivity contribution in [3.8, 4) is 0 Å². The second-order valence-electron chi connectivity index (χ2n) is 3.61. The normalized spacial score (nSPS) is 20.9. The van der Waals surface area contributed by atoms with Gasteiger partial charge in [-0.1, -0.05) is 0 Å². The van der Waals surface area contributed by atoms with Crippen LogP contribution in [0.3, 0.4) is 0 Å². The van der Waals surface area contributed by atoms with Gasteiger partial charge in [0, 0.05) is 13.2 Å². The number of rotatable bonds is 3. The molecule has 78 valence electrons. The van der Waals surface area contributed by atoms with Crippen LogP contribution in [-0.4, -0.2) is 35.7 Å². The van der Waals surface area contributed by atoms with E-state index in [4.69, 9.17) is 4.74 Å². The summed E-state index contributed by atoms with van der Waals surface area (Å²) >= 11 is 0. The van der Waals surface area contributed by atoms with E-state index >= 15 is 0 Å². The molecule has 0 saturated carbocycles. The van der Waals surface area contributed by atoms with E-state index in [1.165, 1.54) is 0 Å². The lowest BCUT2D eigenvalue weighted by atomic mass is 9.90. The Bertz CT molecular complexity index is 256. The van der Waals surface area contributed by atoms with Gasteiger partial charge in [0.05, 0.1) is 17.9 Å². The molecule has 0 amide bonds. The predicted molar refractivity (Wildman–Crippen MR) is 51.7 cm³/mol. The van der Waals surface area contributed by atoms with E-state index in [1.54, 1.807) is 6.20 Å². The third kappa shape index (κ3) is 1.93. The smallest absolute Gasteiger partial charge is 0.0996 e. The van der Waals surface area contributed by atoms with Crippen molar-refractivity contribution in [1.29, 1.82) is 0 Å². The molecule has 2 rings (SSSR count). The number of hydrogen-bond acceptors (Lipinski definition) is 4. The van der Waals surface area contributed by atoms with Gasteiger partial charge >= 0.3 is 0 Å². The maximum Gasteiger partial charge on any atom is 0.0996 e. The molecular formula is C9H16N4O. The topological polar surface area (TPSA) is 62.8 Å². The molecule has 0 aromatic carbocycles. The van der Waals surface area contributed by atoms with Crippen LogP contribution in [0, 0.1) is 5.92 Å². The maximum absolute atomic E-state index is 5.34. The van der Waals surface area contributed by atoms with Crippen LogP contribution in [0.25, 0.3) is 0 Å². The Morgan fingerprint density at radius 3 is 2.93 bits per heavy atom. The molecule has 0 bridgehead atoms. The number of aromatic amines is 1. The fourth-order valence-electron chi connectivity index (χ4n) is 2.03. The van der Waals surface area contributed by atoms with Gasteiger partial charge in [0.15, 0.2) is 0 Å². The molecule has 1 saturated heterocycles. The van der Waals surface area contributed by atoms with E-state index < -0.39 is 0 Å². The van der Waals surface area contributed by atoms with Gasteiger partial charge < -0.3 is 10.1 Å². The minimum atomic E-state index is 0.303. The molecule has 2 heterocycles. The summed E-state index contributed by atoms with van der Waals surface area (Å²) in [6.07, 6.45) is 3.98. The first kappa shape index (κ1) is 9.61. The number of hydrogen-bond donors (Lipinski definition) is 2. The highest BCUT2D eigenvalue weighted by atomic mass is 16.5. The molecule has 1 atom stereocenters. The molecular weight excluding hydrogens is 180 g/mol. The fourth-order valence-corrected chi connectivity index (χ4v) is 2.03. The Morgan fingerprint density at radius 2 is 2.36 bits per heavy atom. The Balaban J connectivity index is 2.04. The molecule has 1 unspecified atom stereocenters. The third-order valence-corrected chi connectivity index (χ3v) is 2.80. The summed E-state index contributed by atoms with van der Waals surface area (Å²) in [5, 5.41) is 13.9. The summed E-state index contributed by atoms with van der Waals surface area (Å²) < 4.78 is 5.34. The molecule has 5 nitrogen and oxygen atoms in total.